The molecular weight excluding hydrogens is 234 g/mol. The number of hydrogen-bond acceptors (Lipinski definition) is 2. The summed E-state index contributed by atoms with van der Waals surface area (Å²) in [5.41, 5.74) is 1.16. The topological polar surface area (TPSA) is 21.1 Å². The zero-order chi connectivity index (χ0) is 12.4. The average molecular weight is 256 g/mol. The van der Waals surface area contributed by atoms with Gasteiger partial charge in [-0.05, 0) is 45.7 Å². The van der Waals surface area contributed by atoms with E-state index in [1.54, 1.807) is 0 Å². The third-order valence-electron chi connectivity index (χ3n) is 3.37. The van der Waals surface area contributed by atoms with Crippen molar-refractivity contribution in [2.24, 2.45) is 5.92 Å². The highest BCUT2D eigenvalue weighted by Crippen LogP contribution is 2.32. The molecule has 1 aromatic heterocycles. The van der Waals surface area contributed by atoms with Crippen LogP contribution in [0.1, 0.15) is 38.4 Å². The summed E-state index contributed by atoms with van der Waals surface area (Å²) >= 11 is 5.99. The molecule has 0 spiro atoms. The first-order valence-corrected chi connectivity index (χ1v) is 6.85. The standard InChI is InChI=1S/C13H22ClN3/c1-10(2)17-5-4-13(15-17)9-16(3)8-11-6-12(14)7-11/h4-5,10-12H,6-9H2,1-3H3. The van der Waals surface area contributed by atoms with Crippen LogP contribution in [0, 0.1) is 5.92 Å². The van der Waals surface area contributed by atoms with Gasteiger partial charge in [0.15, 0.2) is 0 Å². The van der Waals surface area contributed by atoms with E-state index in [1.165, 1.54) is 12.8 Å². The fraction of sp³-hybridized carbons (Fsp3) is 0.769. The Balaban J connectivity index is 1.79. The Labute approximate surface area is 109 Å². The Bertz CT molecular complexity index is 355. The number of hydrogen-bond donors (Lipinski definition) is 0. The molecule has 3 nitrogen and oxygen atoms in total. The van der Waals surface area contributed by atoms with Crippen molar-refractivity contribution >= 4 is 11.6 Å². The number of aromatic nitrogens is 2. The Morgan fingerprint density at radius 3 is 2.76 bits per heavy atom. The van der Waals surface area contributed by atoms with Gasteiger partial charge < -0.3 is 4.90 Å². The molecule has 0 saturated heterocycles. The van der Waals surface area contributed by atoms with Crippen LogP contribution in [0.25, 0.3) is 0 Å². The van der Waals surface area contributed by atoms with Crippen LogP contribution in [0.5, 0.6) is 0 Å². The van der Waals surface area contributed by atoms with E-state index in [-0.39, 0.29) is 0 Å². The molecule has 17 heavy (non-hydrogen) atoms. The van der Waals surface area contributed by atoms with E-state index >= 15 is 0 Å². The lowest BCUT2D eigenvalue weighted by Gasteiger charge is -2.33. The monoisotopic (exact) mass is 255 g/mol. The van der Waals surface area contributed by atoms with Crippen molar-refractivity contribution in [2.75, 3.05) is 13.6 Å². The molecule has 0 N–H and O–H groups in total. The highest BCUT2D eigenvalue weighted by atomic mass is 35.5. The molecule has 0 unspecified atom stereocenters. The van der Waals surface area contributed by atoms with Crippen molar-refractivity contribution < 1.29 is 0 Å². The zero-order valence-electron chi connectivity index (χ0n) is 10.9. The van der Waals surface area contributed by atoms with Gasteiger partial charge in [-0.1, -0.05) is 0 Å². The van der Waals surface area contributed by atoms with Gasteiger partial charge in [0.1, 0.15) is 0 Å². The van der Waals surface area contributed by atoms with Gasteiger partial charge in [-0.3, -0.25) is 4.68 Å². The summed E-state index contributed by atoms with van der Waals surface area (Å²) in [6, 6.07) is 2.56. The smallest absolute Gasteiger partial charge is 0.0764 e. The number of nitrogens with zero attached hydrogens (tertiary/aromatic N) is 3. The van der Waals surface area contributed by atoms with Crippen LogP contribution in [0.4, 0.5) is 0 Å². The van der Waals surface area contributed by atoms with E-state index in [1.807, 2.05) is 4.68 Å². The van der Waals surface area contributed by atoms with E-state index in [2.05, 4.69) is 43.2 Å². The highest BCUT2D eigenvalue weighted by Gasteiger charge is 2.27. The molecule has 1 aliphatic rings. The lowest BCUT2D eigenvalue weighted by atomic mass is 9.84. The lowest BCUT2D eigenvalue weighted by Crippen LogP contribution is -2.34. The van der Waals surface area contributed by atoms with Crippen molar-refractivity contribution in [3.8, 4) is 0 Å². The lowest BCUT2D eigenvalue weighted by molar-refractivity contribution is 0.202. The van der Waals surface area contributed by atoms with E-state index in [4.69, 9.17) is 11.6 Å². The van der Waals surface area contributed by atoms with Crippen molar-refractivity contribution in [1.29, 1.82) is 0 Å². The van der Waals surface area contributed by atoms with Crippen molar-refractivity contribution in [2.45, 2.75) is 44.7 Å². The second-order valence-electron chi connectivity index (χ2n) is 5.51. The predicted octanol–water partition coefficient (Wildman–Crippen LogP) is 2.91. The third kappa shape index (κ3) is 3.46. The van der Waals surface area contributed by atoms with Gasteiger partial charge in [-0.2, -0.15) is 5.10 Å². The summed E-state index contributed by atoms with van der Waals surface area (Å²) in [4.78, 5) is 2.35. The largest absolute Gasteiger partial charge is 0.300 e. The molecule has 0 bridgehead atoms. The van der Waals surface area contributed by atoms with Crippen molar-refractivity contribution in [1.82, 2.24) is 14.7 Å². The molecule has 4 heteroatoms. The molecule has 0 aliphatic heterocycles. The van der Waals surface area contributed by atoms with Crippen LogP contribution in [-0.4, -0.2) is 33.6 Å². The van der Waals surface area contributed by atoms with Crippen LogP contribution in [0.15, 0.2) is 12.3 Å². The first-order valence-electron chi connectivity index (χ1n) is 6.41. The molecule has 1 aromatic rings. The molecule has 0 aromatic carbocycles. The van der Waals surface area contributed by atoms with E-state index in [9.17, 15) is 0 Å². The molecular formula is C13H22ClN3. The van der Waals surface area contributed by atoms with Gasteiger partial charge in [0.2, 0.25) is 0 Å². The first-order chi connectivity index (χ1) is 8.04. The van der Waals surface area contributed by atoms with Gasteiger partial charge in [-0.15, -0.1) is 11.6 Å². The molecule has 96 valence electrons. The van der Waals surface area contributed by atoms with Gasteiger partial charge >= 0.3 is 0 Å². The minimum atomic E-state index is 0.425. The first kappa shape index (κ1) is 12.9. The summed E-state index contributed by atoms with van der Waals surface area (Å²) in [5, 5.41) is 4.99. The highest BCUT2D eigenvalue weighted by molar-refractivity contribution is 6.21. The molecule has 2 rings (SSSR count). The average Bonchev–Trinajstić information content (AvgIpc) is 2.63. The zero-order valence-corrected chi connectivity index (χ0v) is 11.7. The third-order valence-corrected chi connectivity index (χ3v) is 3.73. The maximum atomic E-state index is 5.99. The quantitative estimate of drug-likeness (QED) is 0.755. The maximum Gasteiger partial charge on any atom is 0.0764 e. The second kappa shape index (κ2) is 5.40. The molecule has 0 atom stereocenters. The Morgan fingerprint density at radius 2 is 2.24 bits per heavy atom. The van der Waals surface area contributed by atoms with Gasteiger partial charge in [0, 0.05) is 30.7 Å². The Hall–Kier alpha value is -0.540. The number of alkyl halides is 1. The normalized spacial score (nSPS) is 24.4. The van der Waals surface area contributed by atoms with Crippen LogP contribution in [0.3, 0.4) is 0 Å². The van der Waals surface area contributed by atoms with Gasteiger partial charge in [0.25, 0.3) is 0 Å². The van der Waals surface area contributed by atoms with Crippen LogP contribution >= 0.6 is 11.6 Å². The van der Waals surface area contributed by atoms with Crippen LogP contribution in [0.2, 0.25) is 0 Å². The van der Waals surface area contributed by atoms with Crippen LogP contribution in [-0.2, 0) is 6.54 Å². The van der Waals surface area contributed by atoms with Crippen molar-refractivity contribution in [3.63, 3.8) is 0 Å². The fourth-order valence-corrected chi connectivity index (χ4v) is 2.84. The fourth-order valence-electron chi connectivity index (χ4n) is 2.33. The Morgan fingerprint density at radius 1 is 1.53 bits per heavy atom. The number of rotatable bonds is 5. The number of halogens is 1. The summed E-state index contributed by atoms with van der Waals surface area (Å²) < 4.78 is 2.02. The minimum Gasteiger partial charge on any atom is -0.300 e. The molecule has 1 aliphatic carbocycles. The van der Waals surface area contributed by atoms with Gasteiger partial charge in [-0.25, -0.2) is 0 Å². The molecule has 0 radical (unpaired) electrons. The minimum absolute atomic E-state index is 0.425. The molecule has 1 fully saturated rings. The summed E-state index contributed by atoms with van der Waals surface area (Å²) in [5.74, 6) is 0.787. The SMILES string of the molecule is CC(C)n1ccc(CN(C)CC2CC(Cl)C2)n1. The summed E-state index contributed by atoms with van der Waals surface area (Å²) in [6.45, 7) is 6.37. The predicted molar refractivity (Wildman–Crippen MR) is 71.3 cm³/mol. The molecule has 1 saturated carbocycles. The molecule has 1 heterocycles. The van der Waals surface area contributed by atoms with Gasteiger partial charge in [0.05, 0.1) is 5.69 Å². The second-order valence-corrected chi connectivity index (χ2v) is 6.13. The Kier molecular flexibility index (Phi) is 4.10. The molecule has 0 amide bonds. The maximum absolute atomic E-state index is 5.99. The summed E-state index contributed by atoms with van der Waals surface area (Å²) in [6.07, 6.45) is 4.41. The van der Waals surface area contributed by atoms with Crippen LogP contribution < -0.4 is 0 Å². The summed E-state index contributed by atoms with van der Waals surface area (Å²) in [7, 11) is 2.16. The van der Waals surface area contributed by atoms with Crippen molar-refractivity contribution in [3.05, 3.63) is 18.0 Å². The van der Waals surface area contributed by atoms with E-state index in [0.717, 1.165) is 24.7 Å². The van der Waals surface area contributed by atoms with E-state index < -0.39 is 0 Å². The van der Waals surface area contributed by atoms with E-state index in [0.29, 0.717) is 11.4 Å².